The second kappa shape index (κ2) is 6.07. The van der Waals surface area contributed by atoms with Crippen molar-refractivity contribution in [3.8, 4) is 0 Å². The summed E-state index contributed by atoms with van der Waals surface area (Å²) in [5.41, 5.74) is 0. The van der Waals surface area contributed by atoms with Gasteiger partial charge in [0.15, 0.2) is 0 Å². The largest absolute Gasteiger partial charge is 0.391 e. The molecule has 0 saturated heterocycles. The average Bonchev–Trinajstić information content (AvgIpc) is 2.88. The van der Waals surface area contributed by atoms with Crippen LogP contribution in [-0.4, -0.2) is 12.0 Å². The van der Waals surface area contributed by atoms with Gasteiger partial charge >= 0.3 is 6.18 Å². The summed E-state index contributed by atoms with van der Waals surface area (Å²) in [5.74, 6) is -1.22. The van der Waals surface area contributed by atoms with Gasteiger partial charge in [-0.15, -0.1) is 11.3 Å². The lowest BCUT2D eigenvalue weighted by atomic mass is 9.79. The van der Waals surface area contributed by atoms with Gasteiger partial charge in [0.2, 0.25) is 0 Å². The summed E-state index contributed by atoms with van der Waals surface area (Å²) >= 11 is 1.61. The minimum atomic E-state index is -4.09. The lowest BCUT2D eigenvalue weighted by Gasteiger charge is -2.29. The van der Waals surface area contributed by atoms with E-state index in [9.17, 15) is 18.0 Å². The van der Waals surface area contributed by atoms with Crippen LogP contribution in [0.5, 0.6) is 0 Å². The molecule has 1 aliphatic carbocycles. The second-order valence-corrected chi connectivity index (χ2v) is 6.17. The molecule has 1 nitrogen and oxygen atoms in total. The molecule has 0 aliphatic heterocycles. The Morgan fingerprint density at radius 2 is 1.95 bits per heavy atom. The van der Waals surface area contributed by atoms with Crippen molar-refractivity contribution in [3.63, 3.8) is 0 Å². The van der Waals surface area contributed by atoms with Crippen LogP contribution in [0.2, 0.25) is 0 Å². The zero-order valence-corrected chi connectivity index (χ0v) is 11.4. The van der Waals surface area contributed by atoms with E-state index in [-0.39, 0.29) is 24.5 Å². The van der Waals surface area contributed by atoms with Gasteiger partial charge in [-0.05, 0) is 43.6 Å². The third-order valence-electron chi connectivity index (χ3n) is 3.84. The molecule has 1 heterocycles. The first-order valence-electron chi connectivity index (χ1n) is 6.58. The molecule has 0 atom stereocenters. The third-order valence-corrected chi connectivity index (χ3v) is 4.78. The Kier molecular flexibility index (Phi) is 4.66. The first kappa shape index (κ1) is 14.6. The van der Waals surface area contributed by atoms with E-state index >= 15 is 0 Å². The van der Waals surface area contributed by atoms with Crippen LogP contribution in [0.15, 0.2) is 17.5 Å². The summed E-state index contributed by atoms with van der Waals surface area (Å²) in [4.78, 5) is 13.1. The molecule has 0 radical (unpaired) electrons. The topological polar surface area (TPSA) is 17.1 Å². The van der Waals surface area contributed by atoms with Gasteiger partial charge in [0.05, 0.1) is 5.92 Å². The van der Waals surface area contributed by atoms with Gasteiger partial charge in [0.25, 0.3) is 0 Å². The number of ketones is 1. The summed E-state index contributed by atoms with van der Waals surface area (Å²) in [6.07, 6.45) is -1.90. The molecule has 0 amide bonds. The van der Waals surface area contributed by atoms with Crippen molar-refractivity contribution in [1.82, 2.24) is 0 Å². The van der Waals surface area contributed by atoms with Crippen molar-refractivity contribution >= 4 is 17.1 Å². The van der Waals surface area contributed by atoms with Crippen LogP contribution in [0.4, 0.5) is 13.2 Å². The van der Waals surface area contributed by atoms with Gasteiger partial charge in [-0.3, -0.25) is 4.79 Å². The summed E-state index contributed by atoms with van der Waals surface area (Å²) in [6.45, 7) is 0. The highest BCUT2D eigenvalue weighted by molar-refractivity contribution is 7.09. The molecule has 19 heavy (non-hydrogen) atoms. The molecular formula is C14H17F3OS. The number of hydrogen-bond donors (Lipinski definition) is 0. The maximum atomic E-state index is 12.5. The molecule has 0 N–H and O–H groups in total. The van der Waals surface area contributed by atoms with E-state index in [1.165, 1.54) is 0 Å². The molecule has 106 valence electrons. The number of halogens is 3. The number of hydrogen-bond acceptors (Lipinski definition) is 2. The normalized spacial score (nSPS) is 24.4. The Balaban J connectivity index is 1.76. The fourth-order valence-electron chi connectivity index (χ4n) is 2.65. The van der Waals surface area contributed by atoms with E-state index in [0.717, 1.165) is 11.3 Å². The monoisotopic (exact) mass is 290 g/mol. The van der Waals surface area contributed by atoms with Crippen LogP contribution >= 0.6 is 11.3 Å². The predicted molar refractivity (Wildman–Crippen MR) is 69.2 cm³/mol. The number of alkyl halides is 3. The first-order chi connectivity index (χ1) is 8.97. The molecule has 0 spiro atoms. The highest BCUT2D eigenvalue weighted by atomic mass is 32.1. The van der Waals surface area contributed by atoms with Crippen molar-refractivity contribution in [2.45, 2.75) is 44.7 Å². The molecule has 1 aliphatic rings. The van der Waals surface area contributed by atoms with E-state index in [1.807, 2.05) is 17.5 Å². The maximum Gasteiger partial charge on any atom is 0.391 e. The number of thiophene rings is 1. The number of carbonyl (C=O) groups is 1. The predicted octanol–water partition coefficient (Wildman–Crippen LogP) is 4.62. The molecule has 2 rings (SSSR count). The first-order valence-corrected chi connectivity index (χ1v) is 7.46. The van der Waals surface area contributed by atoms with E-state index in [2.05, 4.69) is 0 Å². The molecular weight excluding hydrogens is 273 g/mol. The fourth-order valence-corrected chi connectivity index (χ4v) is 3.36. The zero-order chi connectivity index (χ0) is 13.9. The van der Waals surface area contributed by atoms with Crippen LogP contribution in [0, 0.1) is 11.8 Å². The molecule has 0 bridgehead atoms. The Morgan fingerprint density at radius 1 is 1.26 bits per heavy atom. The highest BCUT2D eigenvalue weighted by Crippen LogP contribution is 2.40. The summed E-state index contributed by atoms with van der Waals surface area (Å²) in [5, 5.41) is 1.97. The quantitative estimate of drug-likeness (QED) is 0.791. The fraction of sp³-hybridized carbons (Fsp3) is 0.643. The average molecular weight is 290 g/mol. The van der Waals surface area contributed by atoms with E-state index in [1.54, 1.807) is 11.3 Å². The summed E-state index contributed by atoms with van der Waals surface area (Å²) < 4.78 is 37.6. The standard InChI is InChI=1S/C14H17F3OS/c15-14(16,17)11-5-3-10(4-6-11)13(18)8-7-12-2-1-9-19-12/h1-2,9-11H,3-8H2. The van der Waals surface area contributed by atoms with E-state index in [4.69, 9.17) is 0 Å². The van der Waals surface area contributed by atoms with Gasteiger partial charge in [0.1, 0.15) is 5.78 Å². The van der Waals surface area contributed by atoms with Gasteiger partial charge in [-0.25, -0.2) is 0 Å². The minimum Gasteiger partial charge on any atom is -0.299 e. The zero-order valence-electron chi connectivity index (χ0n) is 10.6. The smallest absolute Gasteiger partial charge is 0.299 e. The Morgan fingerprint density at radius 3 is 2.47 bits per heavy atom. The Bertz CT molecular complexity index is 403. The van der Waals surface area contributed by atoms with Crippen LogP contribution in [0.25, 0.3) is 0 Å². The third kappa shape index (κ3) is 4.06. The van der Waals surface area contributed by atoms with E-state index in [0.29, 0.717) is 19.3 Å². The van der Waals surface area contributed by atoms with Crippen LogP contribution < -0.4 is 0 Å². The number of carbonyl (C=O) groups excluding carboxylic acids is 1. The molecule has 1 saturated carbocycles. The van der Waals surface area contributed by atoms with Crippen molar-refractivity contribution < 1.29 is 18.0 Å². The second-order valence-electron chi connectivity index (χ2n) is 5.14. The number of aryl methyl sites for hydroxylation is 1. The summed E-state index contributed by atoms with van der Waals surface area (Å²) in [7, 11) is 0. The Hall–Kier alpha value is -0.840. The molecule has 1 fully saturated rings. The van der Waals surface area contributed by atoms with Gasteiger partial charge in [-0.1, -0.05) is 6.07 Å². The molecule has 0 unspecified atom stereocenters. The highest BCUT2D eigenvalue weighted by Gasteiger charge is 2.42. The van der Waals surface area contributed by atoms with Crippen LogP contribution in [0.3, 0.4) is 0 Å². The number of rotatable bonds is 4. The van der Waals surface area contributed by atoms with Crippen molar-refractivity contribution in [2.24, 2.45) is 11.8 Å². The Labute approximate surface area is 114 Å². The maximum absolute atomic E-state index is 12.5. The molecule has 5 heteroatoms. The lowest BCUT2D eigenvalue weighted by molar-refractivity contribution is -0.184. The van der Waals surface area contributed by atoms with Crippen molar-refractivity contribution in [2.75, 3.05) is 0 Å². The summed E-state index contributed by atoms with van der Waals surface area (Å²) in [6, 6.07) is 3.93. The van der Waals surface area contributed by atoms with Gasteiger partial charge in [-0.2, -0.15) is 13.2 Å². The lowest BCUT2D eigenvalue weighted by Crippen LogP contribution is -2.30. The molecule has 1 aromatic heterocycles. The van der Waals surface area contributed by atoms with Crippen molar-refractivity contribution in [1.29, 1.82) is 0 Å². The minimum absolute atomic E-state index is 0.110. The molecule has 1 aromatic rings. The van der Waals surface area contributed by atoms with Crippen LogP contribution in [-0.2, 0) is 11.2 Å². The van der Waals surface area contributed by atoms with Crippen molar-refractivity contribution in [3.05, 3.63) is 22.4 Å². The number of Topliss-reactive ketones (excluding diaryl/α,β-unsaturated/α-hetero) is 1. The van der Waals surface area contributed by atoms with Gasteiger partial charge in [0, 0.05) is 17.2 Å². The molecule has 0 aromatic carbocycles. The van der Waals surface area contributed by atoms with Crippen LogP contribution in [0.1, 0.15) is 37.0 Å². The van der Waals surface area contributed by atoms with E-state index < -0.39 is 12.1 Å². The van der Waals surface area contributed by atoms with Gasteiger partial charge < -0.3 is 0 Å². The SMILES string of the molecule is O=C(CCc1cccs1)C1CCC(C(F)(F)F)CC1.